The van der Waals surface area contributed by atoms with E-state index >= 15 is 0 Å². The fourth-order valence-electron chi connectivity index (χ4n) is 2.17. The number of carbonyl (C=O) groups excluding carboxylic acids is 1. The van der Waals surface area contributed by atoms with Crippen LogP contribution in [0.25, 0.3) is 0 Å². The molecule has 4 nitrogen and oxygen atoms in total. The van der Waals surface area contributed by atoms with Gasteiger partial charge in [0.2, 0.25) is 5.91 Å². The predicted molar refractivity (Wildman–Crippen MR) is 85.3 cm³/mol. The Morgan fingerprint density at radius 1 is 1.24 bits per heavy atom. The lowest BCUT2D eigenvalue weighted by Crippen LogP contribution is -2.26. The maximum absolute atomic E-state index is 11.7. The Hall–Kier alpha value is -1.07. The SMILES string of the molecule is O=C(CCOc1c(Br)cccc1CNC1CC1)NC1CC1. The number of rotatable bonds is 8. The number of para-hydroxylation sites is 1. The summed E-state index contributed by atoms with van der Waals surface area (Å²) >= 11 is 3.53. The molecular formula is C16H21BrN2O2. The molecule has 2 fully saturated rings. The number of amides is 1. The molecule has 0 atom stereocenters. The number of benzene rings is 1. The van der Waals surface area contributed by atoms with Crippen LogP contribution in [0.5, 0.6) is 5.75 Å². The van der Waals surface area contributed by atoms with E-state index in [1.54, 1.807) is 0 Å². The molecule has 21 heavy (non-hydrogen) atoms. The second-order valence-electron chi connectivity index (χ2n) is 5.82. The molecule has 2 aliphatic carbocycles. The molecule has 5 heteroatoms. The number of hydrogen-bond donors (Lipinski definition) is 2. The Morgan fingerprint density at radius 3 is 2.71 bits per heavy atom. The van der Waals surface area contributed by atoms with Gasteiger partial charge in [0, 0.05) is 24.2 Å². The van der Waals surface area contributed by atoms with Crippen LogP contribution in [0.1, 0.15) is 37.7 Å². The molecule has 0 unspecified atom stereocenters. The van der Waals surface area contributed by atoms with E-state index in [1.807, 2.05) is 12.1 Å². The second kappa shape index (κ2) is 6.79. The fourth-order valence-corrected chi connectivity index (χ4v) is 2.69. The number of halogens is 1. The smallest absolute Gasteiger partial charge is 0.223 e. The highest BCUT2D eigenvalue weighted by Crippen LogP contribution is 2.30. The van der Waals surface area contributed by atoms with Gasteiger partial charge >= 0.3 is 0 Å². The van der Waals surface area contributed by atoms with Crippen LogP contribution in [0.2, 0.25) is 0 Å². The van der Waals surface area contributed by atoms with E-state index in [-0.39, 0.29) is 5.91 Å². The fraction of sp³-hybridized carbons (Fsp3) is 0.562. The minimum atomic E-state index is 0.0854. The highest BCUT2D eigenvalue weighted by molar-refractivity contribution is 9.10. The second-order valence-corrected chi connectivity index (χ2v) is 6.68. The molecule has 0 radical (unpaired) electrons. The molecule has 0 spiro atoms. The van der Waals surface area contributed by atoms with Crippen LogP contribution in [0.4, 0.5) is 0 Å². The summed E-state index contributed by atoms with van der Waals surface area (Å²) in [7, 11) is 0. The molecule has 1 aromatic rings. The molecule has 1 aromatic carbocycles. The van der Waals surface area contributed by atoms with Crippen molar-refractivity contribution in [2.75, 3.05) is 6.61 Å². The molecule has 0 aliphatic heterocycles. The van der Waals surface area contributed by atoms with E-state index in [9.17, 15) is 4.79 Å². The largest absolute Gasteiger partial charge is 0.492 e. The van der Waals surface area contributed by atoms with Crippen molar-refractivity contribution in [3.05, 3.63) is 28.2 Å². The lowest BCUT2D eigenvalue weighted by molar-refractivity contribution is -0.121. The molecule has 2 N–H and O–H groups in total. The lowest BCUT2D eigenvalue weighted by atomic mass is 10.2. The van der Waals surface area contributed by atoms with Gasteiger partial charge in [-0.3, -0.25) is 4.79 Å². The normalized spacial score (nSPS) is 17.6. The van der Waals surface area contributed by atoms with Crippen molar-refractivity contribution in [1.29, 1.82) is 0 Å². The summed E-state index contributed by atoms with van der Waals surface area (Å²) < 4.78 is 6.79. The first-order valence-electron chi connectivity index (χ1n) is 7.65. The van der Waals surface area contributed by atoms with Gasteiger partial charge in [-0.1, -0.05) is 12.1 Å². The summed E-state index contributed by atoms with van der Waals surface area (Å²) in [6.45, 7) is 1.23. The van der Waals surface area contributed by atoms with Crippen LogP contribution in [0, 0.1) is 0 Å². The van der Waals surface area contributed by atoms with Crippen molar-refractivity contribution in [2.24, 2.45) is 0 Å². The summed E-state index contributed by atoms with van der Waals surface area (Å²) in [5, 5.41) is 6.47. The van der Waals surface area contributed by atoms with Gasteiger partial charge < -0.3 is 15.4 Å². The maximum Gasteiger partial charge on any atom is 0.223 e. The minimum Gasteiger partial charge on any atom is -0.492 e. The van der Waals surface area contributed by atoms with Crippen molar-refractivity contribution in [2.45, 2.75) is 50.7 Å². The molecule has 1 amide bonds. The van der Waals surface area contributed by atoms with E-state index in [2.05, 4.69) is 32.6 Å². The molecule has 3 rings (SSSR count). The zero-order valence-electron chi connectivity index (χ0n) is 12.0. The molecule has 0 saturated heterocycles. The third-order valence-corrected chi connectivity index (χ3v) is 4.35. The van der Waals surface area contributed by atoms with E-state index in [1.165, 1.54) is 12.8 Å². The molecule has 0 aromatic heterocycles. The number of ether oxygens (including phenoxy) is 1. The van der Waals surface area contributed by atoms with Crippen LogP contribution in [0.3, 0.4) is 0 Å². The monoisotopic (exact) mass is 352 g/mol. The van der Waals surface area contributed by atoms with Crippen LogP contribution >= 0.6 is 15.9 Å². The highest BCUT2D eigenvalue weighted by Gasteiger charge is 2.23. The van der Waals surface area contributed by atoms with E-state index < -0.39 is 0 Å². The predicted octanol–water partition coefficient (Wildman–Crippen LogP) is 2.75. The van der Waals surface area contributed by atoms with Crippen LogP contribution < -0.4 is 15.4 Å². The first-order valence-corrected chi connectivity index (χ1v) is 8.44. The van der Waals surface area contributed by atoms with Crippen molar-refractivity contribution >= 4 is 21.8 Å². The Kier molecular flexibility index (Phi) is 4.80. The van der Waals surface area contributed by atoms with Gasteiger partial charge in [-0.05, 0) is 47.7 Å². The summed E-state index contributed by atoms with van der Waals surface area (Å²) in [4.78, 5) is 11.7. The van der Waals surface area contributed by atoms with Crippen molar-refractivity contribution in [1.82, 2.24) is 10.6 Å². The van der Waals surface area contributed by atoms with E-state index in [0.29, 0.717) is 25.1 Å². The quantitative estimate of drug-likeness (QED) is 0.756. The molecule has 114 valence electrons. The van der Waals surface area contributed by atoms with Crippen molar-refractivity contribution in [3.63, 3.8) is 0 Å². The van der Waals surface area contributed by atoms with E-state index in [4.69, 9.17) is 4.74 Å². The van der Waals surface area contributed by atoms with Crippen LogP contribution in [0.15, 0.2) is 22.7 Å². The van der Waals surface area contributed by atoms with Crippen molar-refractivity contribution < 1.29 is 9.53 Å². The van der Waals surface area contributed by atoms with Gasteiger partial charge in [-0.2, -0.15) is 0 Å². The van der Waals surface area contributed by atoms with E-state index in [0.717, 1.165) is 35.2 Å². The summed E-state index contributed by atoms with van der Waals surface area (Å²) in [5.74, 6) is 0.937. The standard InChI is InChI=1S/C16H21BrN2O2/c17-14-3-1-2-11(10-18-12-4-5-12)16(14)21-9-8-15(20)19-13-6-7-13/h1-3,12-13,18H,4-10H2,(H,19,20). The van der Waals surface area contributed by atoms with Gasteiger partial charge in [-0.15, -0.1) is 0 Å². The van der Waals surface area contributed by atoms with Crippen LogP contribution in [-0.4, -0.2) is 24.6 Å². The number of nitrogens with one attached hydrogen (secondary N) is 2. The summed E-state index contributed by atoms with van der Waals surface area (Å²) in [6, 6.07) is 7.14. The Balaban J connectivity index is 1.50. The molecular weight excluding hydrogens is 332 g/mol. The average molecular weight is 353 g/mol. The Morgan fingerprint density at radius 2 is 2.00 bits per heavy atom. The first kappa shape index (κ1) is 14.9. The van der Waals surface area contributed by atoms with Crippen molar-refractivity contribution in [3.8, 4) is 5.75 Å². The first-order chi connectivity index (χ1) is 10.2. The number of carbonyl (C=O) groups is 1. The zero-order chi connectivity index (χ0) is 14.7. The molecule has 0 bridgehead atoms. The molecule has 2 saturated carbocycles. The summed E-state index contributed by atoms with van der Waals surface area (Å²) in [6.07, 6.45) is 5.19. The molecule has 0 heterocycles. The topological polar surface area (TPSA) is 50.4 Å². The third-order valence-electron chi connectivity index (χ3n) is 3.73. The third kappa shape index (κ3) is 4.71. The van der Waals surface area contributed by atoms with Gasteiger partial charge in [0.15, 0.2) is 0 Å². The Bertz CT molecular complexity index is 513. The average Bonchev–Trinajstić information content (AvgIpc) is 3.33. The van der Waals surface area contributed by atoms with Gasteiger partial charge in [0.05, 0.1) is 17.5 Å². The number of hydrogen-bond acceptors (Lipinski definition) is 3. The highest BCUT2D eigenvalue weighted by atomic mass is 79.9. The lowest BCUT2D eigenvalue weighted by Gasteiger charge is -2.14. The zero-order valence-corrected chi connectivity index (χ0v) is 13.6. The Labute approximate surface area is 133 Å². The minimum absolute atomic E-state index is 0.0854. The summed E-state index contributed by atoms with van der Waals surface area (Å²) in [5.41, 5.74) is 1.14. The van der Waals surface area contributed by atoms with Gasteiger partial charge in [0.25, 0.3) is 0 Å². The van der Waals surface area contributed by atoms with Gasteiger partial charge in [0.1, 0.15) is 5.75 Å². The van der Waals surface area contributed by atoms with Crippen LogP contribution in [-0.2, 0) is 11.3 Å². The maximum atomic E-state index is 11.7. The molecule has 2 aliphatic rings. The van der Waals surface area contributed by atoms with Gasteiger partial charge in [-0.25, -0.2) is 0 Å².